The highest BCUT2D eigenvalue weighted by molar-refractivity contribution is 5.66. The van der Waals surface area contributed by atoms with Crippen molar-refractivity contribution in [2.24, 2.45) is 0 Å². The standard InChI is InChI=1S/C12H18N2O3/c1-3-4-12-8-14(5-6-16-12)11(7-13)9-17-10(2)15/h9,12H,3-6,8H2,1-2H3/b11-9+. The average molecular weight is 238 g/mol. The van der Waals surface area contributed by atoms with E-state index < -0.39 is 5.97 Å². The summed E-state index contributed by atoms with van der Waals surface area (Å²) in [6.07, 6.45) is 3.40. The smallest absolute Gasteiger partial charge is 0.307 e. The third-order valence-electron chi connectivity index (χ3n) is 2.54. The number of carbonyl (C=O) groups is 1. The van der Waals surface area contributed by atoms with E-state index >= 15 is 0 Å². The van der Waals surface area contributed by atoms with Gasteiger partial charge < -0.3 is 14.4 Å². The number of hydrogen-bond donors (Lipinski definition) is 0. The second-order valence-electron chi connectivity index (χ2n) is 3.95. The zero-order valence-electron chi connectivity index (χ0n) is 10.3. The number of morpholine rings is 1. The van der Waals surface area contributed by atoms with Crippen molar-refractivity contribution in [2.75, 3.05) is 19.7 Å². The van der Waals surface area contributed by atoms with E-state index in [1.807, 2.05) is 11.0 Å². The molecule has 0 aromatic carbocycles. The Labute approximate surface area is 102 Å². The van der Waals surface area contributed by atoms with E-state index in [2.05, 4.69) is 6.92 Å². The third kappa shape index (κ3) is 4.45. The van der Waals surface area contributed by atoms with E-state index in [-0.39, 0.29) is 6.10 Å². The minimum absolute atomic E-state index is 0.155. The van der Waals surface area contributed by atoms with Crippen LogP contribution in [-0.4, -0.2) is 36.7 Å². The Morgan fingerprint density at radius 1 is 1.71 bits per heavy atom. The Bertz CT molecular complexity index is 331. The van der Waals surface area contributed by atoms with Crippen LogP contribution in [0.25, 0.3) is 0 Å². The van der Waals surface area contributed by atoms with Gasteiger partial charge in [0.25, 0.3) is 0 Å². The minimum Gasteiger partial charge on any atom is -0.432 e. The van der Waals surface area contributed by atoms with Crippen LogP contribution in [-0.2, 0) is 14.3 Å². The quantitative estimate of drug-likeness (QED) is 0.421. The number of hydrogen-bond acceptors (Lipinski definition) is 5. The normalized spacial score (nSPS) is 20.9. The van der Waals surface area contributed by atoms with Crippen molar-refractivity contribution >= 4 is 5.97 Å². The van der Waals surface area contributed by atoms with Crippen LogP contribution in [0.5, 0.6) is 0 Å². The summed E-state index contributed by atoms with van der Waals surface area (Å²) in [7, 11) is 0. The molecule has 0 aromatic heterocycles. The first-order valence-corrected chi connectivity index (χ1v) is 5.81. The van der Waals surface area contributed by atoms with Gasteiger partial charge in [0.1, 0.15) is 12.3 Å². The molecule has 5 heteroatoms. The molecule has 0 spiro atoms. The fourth-order valence-electron chi connectivity index (χ4n) is 1.75. The zero-order valence-corrected chi connectivity index (χ0v) is 10.3. The number of rotatable bonds is 4. The predicted molar refractivity (Wildman–Crippen MR) is 61.7 cm³/mol. The summed E-state index contributed by atoms with van der Waals surface area (Å²) in [4.78, 5) is 12.6. The van der Waals surface area contributed by atoms with Crippen molar-refractivity contribution < 1.29 is 14.3 Å². The van der Waals surface area contributed by atoms with E-state index in [1.165, 1.54) is 13.2 Å². The molecular weight excluding hydrogens is 220 g/mol. The van der Waals surface area contributed by atoms with Crippen LogP contribution < -0.4 is 0 Å². The SMILES string of the molecule is CCCC1CN(/C(C#N)=C/OC(C)=O)CCO1. The first kappa shape index (κ1) is 13.5. The molecule has 1 rings (SSSR count). The van der Waals surface area contributed by atoms with Gasteiger partial charge in [-0.05, 0) is 6.42 Å². The summed E-state index contributed by atoms with van der Waals surface area (Å²) in [5, 5.41) is 9.02. The molecule has 0 saturated carbocycles. The van der Waals surface area contributed by atoms with Crippen molar-refractivity contribution in [3.63, 3.8) is 0 Å². The van der Waals surface area contributed by atoms with Gasteiger partial charge in [0.05, 0.1) is 12.7 Å². The molecule has 0 N–H and O–H groups in total. The van der Waals surface area contributed by atoms with Gasteiger partial charge in [-0.1, -0.05) is 13.3 Å². The highest BCUT2D eigenvalue weighted by Gasteiger charge is 2.21. The topological polar surface area (TPSA) is 62.6 Å². The highest BCUT2D eigenvalue weighted by Crippen LogP contribution is 2.14. The van der Waals surface area contributed by atoms with Crippen molar-refractivity contribution in [2.45, 2.75) is 32.8 Å². The first-order chi connectivity index (χ1) is 8.17. The van der Waals surface area contributed by atoms with Crippen molar-refractivity contribution in [1.29, 1.82) is 5.26 Å². The molecule has 0 bridgehead atoms. The van der Waals surface area contributed by atoms with Crippen LogP contribution in [0, 0.1) is 11.3 Å². The van der Waals surface area contributed by atoms with Crippen LogP contribution in [0.2, 0.25) is 0 Å². The van der Waals surface area contributed by atoms with Crippen LogP contribution in [0.3, 0.4) is 0 Å². The van der Waals surface area contributed by atoms with Gasteiger partial charge in [0.15, 0.2) is 5.70 Å². The fraction of sp³-hybridized carbons (Fsp3) is 0.667. The second-order valence-corrected chi connectivity index (χ2v) is 3.95. The molecule has 0 aromatic rings. The molecule has 1 heterocycles. The number of esters is 1. The zero-order chi connectivity index (χ0) is 12.7. The number of carbonyl (C=O) groups excluding carboxylic acids is 1. The third-order valence-corrected chi connectivity index (χ3v) is 2.54. The molecule has 0 amide bonds. The summed E-state index contributed by atoms with van der Waals surface area (Å²) in [6.45, 7) is 5.34. The van der Waals surface area contributed by atoms with Crippen LogP contribution >= 0.6 is 0 Å². The molecule has 1 unspecified atom stereocenters. The molecule has 1 saturated heterocycles. The largest absolute Gasteiger partial charge is 0.432 e. The summed E-state index contributed by atoms with van der Waals surface area (Å²) in [5.74, 6) is -0.420. The lowest BCUT2D eigenvalue weighted by atomic mass is 10.1. The molecule has 17 heavy (non-hydrogen) atoms. The van der Waals surface area contributed by atoms with Gasteiger partial charge in [0.2, 0.25) is 0 Å². The van der Waals surface area contributed by atoms with E-state index in [0.29, 0.717) is 25.4 Å². The Morgan fingerprint density at radius 2 is 2.47 bits per heavy atom. The number of nitrogens with zero attached hydrogens (tertiary/aromatic N) is 2. The molecule has 1 aliphatic rings. The summed E-state index contributed by atoms with van der Waals surface area (Å²) in [6, 6.07) is 2.04. The lowest BCUT2D eigenvalue weighted by Gasteiger charge is -2.33. The van der Waals surface area contributed by atoms with Gasteiger partial charge in [-0.3, -0.25) is 4.79 Å². The van der Waals surface area contributed by atoms with E-state index in [0.717, 1.165) is 12.8 Å². The van der Waals surface area contributed by atoms with Gasteiger partial charge in [0, 0.05) is 20.0 Å². The summed E-state index contributed by atoms with van der Waals surface area (Å²) in [5.41, 5.74) is 0.379. The monoisotopic (exact) mass is 238 g/mol. The maximum absolute atomic E-state index is 10.7. The highest BCUT2D eigenvalue weighted by atomic mass is 16.5. The maximum Gasteiger partial charge on any atom is 0.307 e. The van der Waals surface area contributed by atoms with Gasteiger partial charge in [-0.25, -0.2) is 0 Å². The van der Waals surface area contributed by atoms with Crippen molar-refractivity contribution in [3.05, 3.63) is 12.0 Å². The second kappa shape index (κ2) is 6.92. The molecule has 94 valence electrons. The van der Waals surface area contributed by atoms with E-state index in [9.17, 15) is 4.79 Å². The van der Waals surface area contributed by atoms with E-state index in [1.54, 1.807) is 0 Å². The van der Waals surface area contributed by atoms with Gasteiger partial charge in [-0.2, -0.15) is 5.26 Å². The Kier molecular flexibility index (Phi) is 5.50. The number of ether oxygens (including phenoxy) is 2. The van der Waals surface area contributed by atoms with Crippen LogP contribution in [0.4, 0.5) is 0 Å². The Hall–Kier alpha value is -1.54. The number of allylic oxidation sites excluding steroid dienone is 1. The molecule has 5 nitrogen and oxygen atoms in total. The Balaban J connectivity index is 2.60. The molecule has 0 radical (unpaired) electrons. The predicted octanol–water partition coefficient (Wildman–Crippen LogP) is 1.42. The molecule has 0 aliphatic carbocycles. The summed E-state index contributed by atoms with van der Waals surface area (Å²) >= 11 is 0. The minimum atomic E-state index is -0.420. The van der Waals surface area contributed by atoms with Crippen LogP contribution in [0.1, 0.15) is 26.7 Å². The molecule has 1 aliphatic heterocycles. The number of nitriles is 1. The lowest BCUT2D eigenvalue weighted by molar-refractivity contribution is -0.135. The molecule has 1 atom stereocenters. The van der Waals surface area contributed by atoms with Crippen molar-refractivity contribution in [1.82, 2.24) is 4.90 Å². The lowest BCUT2D eigenvalue weighted by Crippen LogP contribution is -2.41. The maximum atomic E-state index is 10.7. The fourth-order valence-corrected chi connectivity index (χ4v) is 1.75. The average Bonchev–Trinajstić information content (AvgIpc) is 2.30. The molecule has 1 fully saturated rings. The summed E-state index contributed by atoms with van der Waals surface area (Å²) < 4.78 is 10.3. The van der Waals surface area contributed by atoms with Gasteiger partial charge >= 0.3 is 5.97 Å². The first-order valence-electron chi connectivity index (χ1n) is 5.81. The van der Waals surface area contributed by atoms with Gasteiger partial charge in [-0.15, -0.1) is 0 Å². The van der Waals surface area contributed by atoms with E-state index in [4.69, 9.17) is 14.7 Å². The van der Waals surface area contributed by atoms with Crippen molar-refractivity contribution in [3.8, 4) is 6.07 Å². The Morgan fingerprint density at radius 3 is 3.06 bits per heavy atom. The molecular formula is C12H18N2O3. The van der Waals surface area contributed by atoms with Crippen LogP contribution in [0.15, 0.2) is 12.0 Å².